The second-order valence-corrected chi connectivity index (χ2v) is 6.52. The van der Waals surface area contributed by atoms with E-state index < -0.39 is 0 Å². The van der Waals surface area contributed by atoms with Gasteiger partial charge in [0.2, 0.25) is 11.9 Å². The van der Waals surface area contributed by atoms with Crippen LogP contribution in [-0.4, -0.2) is 35.8 Å². The quantitative estimate of drug-likeness (QED) is 0.335. The number of aromatic nitrogens is 2. The highest BCUT2D eigenvalue weighted by molar-refractivity contribution is 5.92. The van der Waals surface area contributed by atoms with Gasteiger partial charge in [0, 0.05) is 18.1 Å². The minimum absolute atomic E-state index is 0.0671. The molecule has 3 rings (SSSR count). The van der Waals surface area contributed by atoms with Crippen LogP contribution >= 0.6 is 0 Å². The van der Waals surface area contributed by atoms with Crippen molar-refractivity contribution in [2.45, 2.75) is 20.3 Å². The van der Waals surface area contributed by atoms with Crippen molar-refractivity contribution in [1.29, 1.82) is 0 Å². The fourth-order valence-corrected chi connectivity index (χ4v) is 2.91. The molecule has 8 heteroatoms. The molecule has 1 unspecified atom stereocenters. The number of H-pyrrole nitrogens is 1. The normalized spacial score (nSPS) is 16.0. The van der Waals surface area contributed by atoms with Gasteiger partial charge in [0.25, 0.3) is 0 Å². The minimum Gasteiger partial charge on any atom is -0.359 e. The number of anilines is 1. The summed E-state index contributed by atoms with van der Waals surface area (Å²) in [5.74, 6) is 0.508. The number of hydrogen-bond donors (Lipinski definition) is 4. The lowest BCUT2D eigenvalue weighted by Crippen LogP contribution is -2.36. The van der Waals surface area contributed by atoms with Crippen molar-refractivity contribution in [3.8, 4) is 0 Å². The Morgan fingerprint density at radius 2 is 2.10 bits per heavy atom. The zero-order chi connectivity index (χ0) is 22.6. The first-order valence-corrected chi connectivity index (χ1v) is 9.91. The van der Waals surface area contributed by atoms with Gasteiger partial charge in [0.1, 0.15) is 5.82 Å². The molecule has 162 valence electrons. The van der Waals surface area contributed by atoms with Gasteiger partial charge in [0.05, 0.1) is 23.3 Å². The van der Waals surface area contributed by atoms with Crippen molar-refractivity contribution in [2.75, 3.05) is 12.4 Å². The van der Waals surface area contributed by atoms with Crippen LogP contribution in [0.2, 0.25) is 0 Å². The Bertz CT molecular complexity index is 1040. The van der Waals surface area contributed by atoms with Crippen LogP contribution in [0.4, 0.5) is 5.69 Å². The summed E-state index contributed by atoms with van der Waals surface area (Å²) in [5.41, 5.74) is 2.52. The van der Waals surface area contributed by atoms with Crippen LogP contribution in [0.3, 0.4) is 0 Å². The Kier molecular flexibility index (Phi) is 8.97. The smallest absolute Gasteiger partial charge is 0.229 e. The Balaban J connectivity index is 0.00000107. The third kappa shape index (κ3) is 6.27. The molecule has 1 atom stereocenters. The van der Waals surface area contributed by atoms with Crippen LogP contribution in [0.25, 0.3) is 10.9 Å². The van der Waals surface area contributed by atoms with E-state index in [1.165, 1.54) is 0 Å². The fraction of sp³-hybridized carbons (Fsp3) is 0.217. The lowest BCUT2D eigenvalue weighted by Gasteiger charge is -2.21. The van der Waals surface area contributed by atoms with E-state index in [4.69, 9.17) is 0 Å². The van der Waals surface area contributed by atoms with Gasteiger partial charge in [-0.05, 0) is 51.3 Å². The number of allylic oxidation sites excluding steroid dienone is 5. The first-order chi connectivity index (χ1) is 15.1. The molecule has 1 aromatic carbocycles. The van der Waals surface area contributed by atoms with E-state index in [1.807, 2.05) is 56.4 Å². The molecule has 8 nitrogen and oxygen atoms in total. The maximum absolute atomic E-state index is 12.1. The summed E-state index contributed by atoms with van der Waals surface area (Å²) in [6.45, 7) is 10.7. The van der Waals surface area contributed by atoms with E-state index in [-0.39, 0.29) is 11.8 Å². The molecule has 31 heavy (non-hydrogen) atoms. The number of aromatic amines is 1. The van der Waals surface area contributed by atoms with Gasteiger partial charge in [-0.1, -0.05) is 24.3 Å². The Morgan fingerprint density at radius 1 is 1.32 bits per heavy atom. The topological polar surface area (TPSA) is 107 Å². The largest absolute Gasteiger partial charge is 0.359 e. The number of aliphatic imine (C=N–C) groups is 2. The molecule has 0 aliphatic heterocycles. The summed E-state index contributed by atoms with van der Waals surface area (Å²) >= 11 is 0. The molecular weight excluding hydrogens is 390 g/mol. The first kappa shape index (κ1) is 23.3. The molecule has 0 saturated heterocycles. The average Bonchev–Trinajstić information content (AvgIpc) is 3.28. The molecule has 0 radical (unpaired) electrons. The fourth-order valence-electron chi connectivity index (χ4n) is 2.91. The Morgan fingerprint density at radius 3 is 2.77 bits per heavy atom. The molecule has 1 aromatic heterocycles. The number of guanidine groups is 1. The van der Waals surface area contributed by atoms with Crippen LogP contribution in [0.15, 0.2) is 82.9 Å². The molecule has 4 N–H and O–H groups in total. The molecule has 1 aliphatic rings. The third-order valence-corrected chi connectivity index (χ3v) is 4.38. The third-order valence-electron chi connectivity index (χ3n) is 4.38. The van der Waals surface area contributed by atoms with Crippen molar-refractivity contribution in [2.24, 2.45) is 15.9 Å². The number of benzene rings is 1. The van der Waals surface area contributed by atoms with Crippen LogP contribution in [0.5, 0.6) is 0 Å². The zero-order valence-corrected chi connectivity index (χ0v) is 18.1. The van der Waals surface area contributed by atoms with Crippen molar-refractivity contribution < 1.29 is 4.79 Å². The van der Waals surface area contributed by atoms with Gasteiger partial charge in [-0.3, -0.25) is 9.89 Å². The van der Waals surface area contributed by atoms with Crippen molar-refractivity contribution in [1.82, 2.24) is 20.8 Å². The molecule has 0 spiro atoms. The number of nitrogens with one attached hydrogen (secondary N) is 4. The highest BCUT2D eigenvalue weighted by Gasteiger charge is 2.23. The molecule has 1 amide bonds. The summed E-state index contributed by atoms with van der Waals surface area (Å²) in [7, 11) is 1.62. The van der Waals surface area contributed by atoms with E-state index in [2.05, 4.69) is 49.4 Å². The number of carbonyl (C=O) groups excluding carboxylic acids is 1. The van der Waals surface area contributed by atoms with Crippen molar-refractivity contribution in [3.05, 3.63) is 72.9 Å². The van der Waals surface area contributed by atoms with Crippen molar-refractivity contribution >= 4 is 35.2 Å². The molecule has 2 aromatic rings. The van der Waals surface area contributed by atoms with E-state index >= 15 is 0 Å². The molecule has 0 saturated carbocycles. The predicted molar refractivity (Wildman–Crippen MR) is 129 cm³/mol. The Labute approximate surface area is 182 Å². The van der Waals surface area contributed by atoms with Crippen LogP contribution in [0.1, 0.15) is 20.3 Å². The molecule has 1 aliphatic carbocycles. The second kappa shape index (κ2) is 11.9. The van der Waals surface area contributed by atoms with E-state index in [0.717, 1.165) is 22.3 Å². The van der Waals surface area contributed by atoms with E-state index in [1.54, 1.807) is 19.3 Å². The van der Waals surface area contributed by atoms with Gasteiger partial charge in [-0.25, -0.2) is 4.99 Å². The van der Waals surface area contributed by atoms with Crippen LogP contribution in [-0.2, 0) is 4.79 Å². The minimum atomic E-state index is -0.316. The second-order valence-electron chi connectivity index (χ2n) is 6.52. The monoisotopic (exact) mass is 419 g/mol. The molecular formula is C23H29N7O. The number of nitrogens with zero attached hydrogens (tertiary/aromatic N) is 3. The molecule has 0 fully saturated rings. The first-order valence-electron chi connectivity index (χ1n) is 9.91. The zero-order valence-electron chi connectivity index (χ0n) is 18.1. The van der Waals surface area contributed by atoms with Gasteiger partial charge in [0.15, 0.2) is 0 Å². The number of carbonyl (C=O) groups is 1. The maximum Gasteiger partial charge on any atom is 0.229 e. The highest BCUT2D eigenvalue weighted by atomic mass is 16.1. The molecule has 1 heterocycles. The number of amides is 1. The van der Waals surface area contributed by atoms with Crippen molar-refractivity contribution in [3.63, 3.8) is 0 Å². The summed E-state index contributed by atoms with van der Waals surface area (Å²) in [4.78, 5) is 20.6. The lowest BCUT2D eigenvalue weighted by molar-refractivity contribution is -0.123. The summed E-state index contributed by atoms with van der Waals surface area (Å²) in [5, 5.41) is 17.1. The van der Waals surface area contributed by atoms with Crippen LogP contribution < -0.4 is 16.0 Å². The average molecular weight is 420 g/mol. The van der Waals surface area contributed by atoms with Gasteiger partial charge >= 0.3 is 0 Å². The van der Waals surface area contributed by atoms with Crippen LogP contribution in [0, 0.1) is 5.92 Å². The number of rotatable bonds is 5. The summed E-state index contributed by atoms with van der Waals surface area (Å²) in [6, 6.07) is 5.83. The summed E-state index contributed by atoms with van der Waals surface area (Å²) < 4.78 is 0. The highest BCUT2D eigenvalue weighted by Crippen LogP contribution is 2.23. The maximum atomic E-state index is 12.1. The number of fused-ring (bicyclic) bond motifs is 1. The van der Waals surface area contributed by atoms with Gasteiger partial charge < -0.3 is 16.0 Å². The van der Waals surface area contributed by atoms with E-state index in [9.17, 15) is 4.79 Å². The van der Waals surface area contributed by atoms with Gasteiger partial charge in [-0.15, -0.1) is 6.58 Å². The van der Waals surface area contributed by atoms with E-state index in [0.29, 0.717) is 18.2 Å². The standard InChI is InChI=1S/C20H23N7O.C3H6/c1-4-18(24-16-10-7-11-17-14(16)12-23-27-17)26-20(22-3)25-15-9-6-5-8-13(15)19(28)21-2;1-3-2/h4-7,9-13,24H,3,8H2,1-2H3,(H,21,28)(H,23,27)(H,25,26);3H,1H2,2H3/b18-4-;. The van der Waals surface area contributed by atoms with Gasteiger partial charge in [-0.2, -0.15) is 10.1 Å². The predicted octanol–water partition coefficient (Wildman–Crippen LogP) is 3.88. The summed E-state index contributed by atoms with van der Waals surface area (Å²) in [6.07, 6.45) is 11.6. The SMILES string of the molecule is C=CC.C=N/C(=N\C(=C/C)Nc1cccc2[nH]ncc12)NC1=CC=CCC1C(=O)NC. The number of hydrogen-bond acceptors (Lipinski definition) is 4. The lowest BCUT2D eigenvalue weighted by atomic mass is 9.96. The Hall–Kier alpha value is -3.94. The molecule has 0 bridgehead atoms.